The third kappa shape index (κ3) is 5.09. The van der Waals surface area contributed by atoms with Gasteiger partial charge >= 0.3 is 6.03 Å². The van der Waals surface area contributed by atoms with Crippen molar-refractivity contribution in [1.82, 2.24) is 5.32 Å². The summed E-state index contributed by atoms with van der Waals surface area (Å²) in [5.41, 5.74) is 1.93. The van der Waals surface area contributed by atoms with Crippen molar-refractivity contribution in [3.05, 3.63) is 98.0 Å². The Balaban J connectivity index is 1.69. The van der Waals surface area contributed by atoms with Crippen molar-refractivity contribution in [3.63, 3.8) is 0 Å². The zero-order valence-electron chi connectivity index (χ0n) is 17.8. The number of carbonyl (C=O) groups excluding carboxylic acids is 3. The van der Waals surface area contributed by atoms with Gasteiger partial charge in [-0.3, -0.25) is 14.9 Å². The van der Waals surface area contributed by atoms with E-state index in [2.05, 4.69) is 5.32 Å². The molecule has 0 atom stereocenters. The molecule has 0 unspecified atom stereocenters. The van der Waals surface area contributed by atoms with Crippen molar-refractivity contribution in [3.8, 4) is 5.75 Å². The van der Waals surface area contributed by atoms with Crippen molar-refractivity contribution in [2.45, 2.75) is 13.5 Å². The number of hydrogen-bond acceptors (Lipinski definition) is 4. The average Bonchev–Trinajstić information content (AvgIpc) is 2.79. The first-order valence-corrected chi connectivity index (χ1v) is 11.2. The van der Waals surface area contributed by atoms with E-state index in [4.69, 9.17) is 39.5 Å². The Hall–Kier alpha value is -3.32. The molecule has 0 spiro atoms. The Morgan fingerprint density at radius 1 is 0.882 bits per heavy atom. The molecule has 0 aliphatic carbocycles. The molecular weight excluding hydrogens is 499 g/mol. The standard InChI is InChI=1S/C25H17Cl3N2O4/c1-14-2-5-19(28)12-21(14)30-24(32)20(23(31)29-25(30)33)11-16-10-18(27)8-9-22(16)34-13-15-3-6-17(26)7-4-15/h2-12H,13H2,1H3,(H,29,31,33)/b20-11+. The molecule has 0 aromatic heterocycles. The van der Waals surface area contributed by atoms with Crippen molar-refractivity contribution < 1.29 is 19.1 Å². The van der Waals surface area contributed by atoms with Crippen LogP contribution in [0.1, 0.15) is 16.7 Å². The Morgan fingerprint density at radius 3 is 2.26 bits per heavy atom. The summed E-state index contributed by atoms with van der Waals surface area (Å²) in [5, 5.41) is 3.54. The van der Waals surface area contributed by atoms with Crippen LogP contribution in [0.4, 0.5) is 10.5 Å². The second-order valence-electron chi connectivity index (χ2n) is 7.49. The van der Waals surface area contributed by atoms with Crippen LogP contribution in [0.15, 0.2) is 66.2 Å². The summed E-state index contributed by atoms with van der Waals surface area (Å²) >= 11 is 18.2. The molecule has 1 aliphatic heterocycles. The predicted molar refractivity (Wildman–Crippen MR) is 132 cm³/mol. The Labute approximate surface area is 210 Å². The SMILES string of the molecule is Cc1ccc(Cl)cc1N1C(=O)NC(=O)/C(=C\c2cc(Cl)ccc2OCc2ccc(Cl)cc2)C1=O. The van der Waals surface area contributed by atoms with E-state index in [1.165, 1.54) is 12.1 Å². The molecule has 0 bridgehead atoms. The number of amides is 4. The summed E-state index contributed by atoms with van der Waals surface area (Å²) in [7, 11) is 0. The number of urea groups is 1. The molecule has 1 N–H and O–H groups in total. The van der Waals surface area contributed by atoms with Crippen LogP contribution >= 0.6 is 34.8 Å². The second kappa shape index (κ2) is 9.89. The quantitative estimate of drug-likeness (QED) is 0.324. The van der Waals surface area contributed by atoms with Gasteiger partial charge in [-0.25, -0.2) is 9.69 Å². The lowest BCUT2D eigenvalue weighted by Crippen LogP contribution is -2.54. The number of imide groups is 2. The number of halogens is 3. The lowest BCUT2D eigenvalue weighted by atomic mass is 10.0. The van der Waals surface area contributed by atoms with E-state index in [9.17, 15) is 14.4 Å². The molecule has 3 aromatic carbocycles. The van der Waals surface area contributed by atoms with Crippen molar-refractivity contribution in [2.75, 3.05) is 4.90 Å². The van der Waals surface area contributed by atoms with E-state index in [1.807, 2.05) is 12.1 Å². The van der Waals surface area contributed by atoms with E-state index in [-0.39, 0.29) is 17.9 Å². The summed E-state index contributed by atoms with van der Waals surface area (Å²) < 4.78 is 5.91. The molecule has 1 aliphatic rings. The van der Waals surface area contributed by atoms with Crippen LogP contribution in [0.5, 0.6) is 5.75 Å². The van der Waals surface area contributed by atoms with E-state index in [0.717, 1.165) is 10.5 Å². The number of hydrogen-bond donors (Lipinski definition) is 1. The van der Waals surface area contributed by atoms with Crippen molar-refractivity contribution >= 4 is 64.4 Å². The highest BCUT2D eigenvalue weighted by Crippen LogP contribution is 2.30. The van der Waals surface area contributed by atoms with Crippen LogP contribution in [0.2, 0.25) is 15.1 Å². The maximum atomic E-state index is 13.3. The molecule has 172 valence electrons. The third-order valence-corrected chi connectivity index (χ3v) is 5.82. The Bertz CT molecular complexity index is 1340. The van der Waals surface area contributed by atoms with Gasteiger partial charge in [-0.1, -0.05) is 53.0 Å². The van der Waals surface area contributed by atoms with Gasteiger partial charge in [0.15, 0.2) is 0 Å². The lowest BCUT2D eigenvalue weighted by molar-refractivity contribution is -0.122. The fourth-order valence-corrected chi connectivity index (χ4v) is 3.83. The number of nitrogens with zero attached hydrogens (tertiary/aromatic N) is 1. The molecule has 4 amide bonds. The van der Waals surface area contributed by atoms with Crippen LogP contribution in [-0.4, -0.2) is 17.8 Å². The van der Waals surface area contributed by atoms with Crippen LogP contribution < -0.4 is 15.0 Å². The van der Waals surface area contributed by atoms with E-state index in [0.29, 0.717) is 31.9 Å². The molecule has 4 rings (SSSR count). The predicted octanol–water partition coefficient (Wildman–Crippen LogP) is 6.20. The highest BCUT2D eigenvalue weighted by atomic mass is 35.5. The minimum Gasteiger partial charge on any atom is -0.488 e. The molecule has 1 heterocycles. The van der Waals surface area contributed by atoms with E-state index < -0.39 is 17.8 Å². The van der Waals surface area contributed by atoms with Gasteiger partial charge in [0.25, 0.3) is 11.8 Å². The number of rotatable bonds is 5. The lowest BCUT2D eigenvalue weighted by Gasteiger charge is -2.27. The number of ether oxygens (including phenoxy) is 1. The first-order chi connectivity index (χ1) is 16.2. The van der Waals surface area contributed by atoms with Gasteiger partial charge in [0.05, 0.1) is 5.69 Å². The van der Waals surface area contributed by atoms with Gasteiger partial charge in [-0.2, -0.15) is 0 Å². The summed E-state index contributed by atoms with van der Waals surface area (Å²) in [6.45, 7) is 1.95. The first kappa shape index (κ1) is 23.8. The van der Waals surface area contributed by atoms with Gasteiger partial charge in [-0.15, -0.1) is 0 Å². The van der Waals surface area contributed by atoms with Crippen LogP contribution in [-0.2, 0) is 16.2 Å². The summed E-state index contributed by atoms with van der Waals surface area (Å²) in [5.74, 6) is -1.22. The zero-order valence-corrected chi connectivity index (χ0v) is 20.0. The molecule has 1 fully saturated rings. The Morgan fingerprint density at radius 2 is 1.53 bits per heavy atom. The number of benzene rings is 3. The molecule has 1 saturated heterocycles. The Kier molecular flexibility index (Phi) is 6.93. The maximum Gasteiger partial charge on any atom is 0.335 e. The molecule has 34 heavy (non-hydrogen) atoms. The largest absolute Gasteiger partial charge is 0.488 e. The molecular formula is C25H17Cl3N2O4. The second-order valence-corrected chi connectivity index (χ2v) is 8.80. The van der Waals surface area contributed by atoms with E-state index in [1.54, 1.807) is 49.4 Å². The number of nitrogens with one attached hydrogen (secondary N) is 1. The summed E-state index contributed by atoms with van der Waals surface area (Å²) in [4.78, 5) is 39.3. The van der Waals surface area contributed by atoms with Gasteiger partial charge in [0, 0.05) is 20.6 Å². The van der Waals surface area contributed by atoms with Gasteiger partial charge < -0.3 is 4.74 Å². The molecule has 6 nitrogen and oxygen atoms in total. The van der Waals surface area contributed by atoms with Gasteiger partial charge in [-0.05, 0) is 66.6 Å². The average molecular weight is 516 g/mol. The van der Waals surface area contributed by atoms with Crippen LogP contribution in [0.25, 0.3) is 6.08 Å². The smallest absolute Gasteiger partial charge is 0.335 e. The maximum absolute atomic E-state index is 13.3. The normalized spacial score (nSPS) is 15.0. The minimum absolute atomic E-state index is 0.224. The fraction of sp³-hybridized carbons (Fsp3) is 0.0800. The van der Waals surface area contributed by atoms with Crippen molar-refractivity contribution in [2.24, 2.45) is 0 Å². The topological polar surface area (TPSA) is 75.7 Å². The highest BCUT2D eigenvalue weighted by molar-refractivity contribution is 6.40. The van der Waals surface area contributed by atoms with Crippen LogP contribution in [0, 0.1) is 6.92 Å². The monoisotopic (exact) mass is 514 g/mol. The van der Waals surface area contributed by atoms with Crippen molar-refractivity contribution in [1.29, 1.82) is 0 Å². The van der Waals surface area contributed by atoms with Gasteiger partial charge in [0.1, 0.15) is 17.9 Å². The molecule has 9 heteroatoms. The third-order valence-electron chi connectivity index (χ3n) is 5.09. The van der Waals surface area contributed by atoms with E-state index >= 15 is 0 Å². The highest BCUT2D eigenvalue weighted by Gasteiger charge is 2.37. The van der Waals surface area contributed by atoms with Crippen LogP contribution in [0.3, 0.4) is 0 Å². The zero-order chi connectivity index (χ0) is 24.4. The number of barbiturate groups is 1. The minimum atomic E-state index is -0.858. The van der Waals surface area contributed by atoms with Gasteiger partial charge in [0.2, 0.25) is 0 Å². The first-order valence-electron chi connectivity index (χ1n) is 10.1. The summed E-state index contributed by atoms with van der Waals surface area (Å²) in [6, 6.07) is 15.9. The molecule has 0 saturated carbocycles. The fourth-order valence-electron chi connectivity index (χ4n) is 3.36. The molecule has 0 radical (unpaired) electrons. The number of anilines is 1. The molecule has 3 aromatic rings. The summed E-state index contributed by atoms with van der Waals surface area (Å²) in [6.07, 6.45) is 1.35. The number of carbonyl (C=O) groups is 3. The number of aryl methyl sites for hydroxylation is 1.